The smallest absolute Gasteiger partial charge is 0.107 e. The molecule has 0 bridgehead atoms. The van der Waals surface area contributed by atoms with Gasteiger partial charge in [-0.25, -0.2) is 0 Å². The number of hydrogen-bond acceptors (Lipinski definition) is 3. The first-order valence-electron chi connectivity index (χ1n) is 9.79. The van der Waals surface area contributed by atoms with Crippen LogP contribution in [-0.4, -0.2) is 29.0 Å². The maximum Gasteiger partial charge on any atom is 0.107 e. The minimum absolute atomic E-state index is 0.158. The molecular formula is C25H20O3. The molecule has 0 aromatic heterocycles. The third-order valence-electron chi connectivity index (χ3n) is 6.31. The second kappa shape index (κ2) is 5.89. The zero-order valence-electron chi connectivity index (χ0n) is 15.3. The monoisotopic (exact) mass is 368 g/mol. The molecule has 5 aromatic rings. The van der Waals surface area contributed by atoms with Crippen LogP contribution in [0.15, 0.2) is 66.7 Å². The summed E-state index contributed by atoms with van der Waals surface area (Å²) < 4.78 is 5.98. The van der Waals surface area contributed by atoms with E-state index in [0.29, 0.717) is 6.42 Å². The number of aliphatic hydroxyl groups is 2. The maximum absolute atomic E-state index is 10.2. The predicted molar refractivity (Wildman–Crippen MR) is 113 cm³/mol. The first kappa shape index (κ1) is 16.3. The van der Waals surface area contributed by atoms with Crippen molar-refractivity contribution in [2.75, 3.05) is 6.61 Å². The Balaban J connectivity index is 1.72. The Hall–Kier alpha value is -2.72. The van der Waals surface area contributed by atoms with Gasteiger partial charge < -0.3 is 14.9 Å². The summed E-state index contributed by atoms with van der Waals surface area (Å²) in [5.74, 6) is 0. The predicted octanol–water partition coefficient (Wildman–Crippen LogP) is 4.92. The summed E-state index contributed by atoms with van der Waals surface area (Å²) in [6.07, 6.45) is -0.833. The van der Waals surface area contributed by atoms with Crippen LogP contribution in [-0.2, 0) is 4.74 Å². The van der Waals surface area contributed by atoms with Crippen molar-refractivity contribution >= 4 is 43.1 Å². The van der Waals surface area contributed by atoms with E-state index < -0.39 is 12.2 Å². The van der Waals surface area contributed by atoms with Gasteiger partial charge in [0.1, 0.15) is 6.10 Å². The number of benzene rings is 5. The van der Waals surface area contributed by atoms with Crippen LogP contribution in [0.4, 0.5) is 0 Å². The Kier molecular flexibility index (Phi) is 3.42. The van der Waals surface area contributed by atoms with E-state index in [4.69, 9.17) is 4.74 Å². The minimum atomic E-state index is -0.629. The van der Waals surface area contributed by atoms with Crippen LogP contribution < -0.4 is 0 Å². The molecule has 1 heterocycles. The Labute approximate surface area is 162 Å². The molecule has 0 radical (unpaired) electrons. The molecule has 3 heteroatoms. The molecule has 3 nitrogen and oxygen atoms in total. The summed E-state index contributed by atoms with van der Waals surface area (Å²) in [5.41, 5.74) is 1.09. The summed E-state index contributed by atoms with van der Waals surface area (Å²) in [6, 6.07) is 23.8. The van der Waals surface area contributed by atoms with Gasteiger partial charge in [-0.2, -0.15) is 0 Å². The molecule has 0 spiro atoms. The van der Waals surface area contributed by atoms with E-state index in [1.165, 1.54) is 37.7 Å². The highest BCUT2D eigenvalue weighted by molar-refractivity contribution is 6.33. The van der Waals surface area contributed by atoms with Gasteiger partial charge >= 0.3 is 0 Å². The van der Waals surface area contributed by atoms with Crippen LogP contribution >= 0.6 is 0 Å². The summed E-state index contributed by atoms with van der Waals surface area (Å²) in [5, 5.41) is 29.7. The van der Waals surface area contributed by atoms with Crippen LogP contribution in [0.25, 0.3) is 43.1 Å². The van der Waals surface area contributed by atoms with Gasteiger partial charge in [-0.1, -0.05) is 66.7 Å². The fourth-order valence-electron chi connectivity index (χ4n) is 5.04. The summed E-state index contributed by atoms with van der Waals surface area (Å²) in [6.45, 7) is -0.158. The van der Waals surface area contributed by atoms with Crippen LogP contribution in [0.3, 0.4) is 0 Å². The molecule has 2 N–H and O–H groups in total. The third kappa shape index (κ3) is 2.09. The van der Waals surface area contributed by atoms with Crippen LogP contribution in [0.2, 0.25) is 0 Å². The Morgan fingerprint density at radius 1 is 0.750 bits per heavy atom. The fraction of sp³-hybridized carbons (Fsp3) is 0.200. The van der Waals surface area contributed by atoms with Gasteiger partial charge in [0.25, 0.3) is 0 Å². The number of ether oxygens (including phenoxy) is 1. The molecule has 6 rings (SSSR count). The SMILES string of the molecule is OCC1OC(c2ccc3c4cccc5cccc(c6cccc2c63)c54)CC1O. The average Bonchev–Trinajstić information content (AvgIpc) is 3.12. The van der Waals surface area contributed by atoms with E-state index in [0.717, 1.165) is 10.9 Å². The van der Waals surface area contributed by atoms with Gasteiger partial charge in [0.15, 0.2) is 0 Å². The molecule has 1 aliphatic rings. The fourth-order valence-corrected chi connectivity index (χ4v) is 5.04. The highest BCUT2D eigenvalue weighted by Gasteiger charge is 2.35. The van der Waals surface area contributed by atoms with Gasteiger partial charge in [-0.15, -0.1) is 0 Å². The van der Waals surface area contributed by atoms with Crippen molar-refractivity contribution in [2.24, 2.45) is 0 Å². The molecule has 3 atom stereocenters. The van der Waals surface area contributed by atoms with Crippen molar-refractivity contribution in [1.82, 2.24) is 0 Å². The lowest BCUT2D eigenvalue weighted by Crippen LogP contribution is -2.24. The highest BCUT2D eigenvalue weighted by atomic mass is 16.5. The van der Waals surface area contributed by atoms with Gasteiger partial charge in [0.05, 0.1) is 18.8 Å². The third-order valence-corrected chi connectivity index (χ3v) is 6.31. The quantitative estimate of drug-likeness (QED) is 0.343. The Morgan fingerprint density at radius 2 is 1.36 bits per heavy atom. The molecule has 1 fully saturated rings. The molecule has 1 aliphatic heterocycles. The summed E-state index contributed by atoms with van der Waals surface area (Å²) in [7, 11) is 0. The van der Waals surface area contributed by atoms with Crippen LogP contribution in [0.5, 0.6) is 0 Å². The number of rotatable bonds is 2. The minimum Gasteiger partial charge on any atom is -0.394 e. The molecule has 3 unspecified atom stereocenters. The van der Waals surface area contributed by atoms with Crippen molar-refractivity contribution in [3.8, 4) is 0 Å². The Morgan fingerprint density at radius 3 is 2.04 bits per heavy atom. The normalized spacial score (nSPS) is 22.9. The van der Waals surface area contributed by atoms with Crippen molar-refractivity contribution in [3.05, 3.63) is 72.3 Å². The van der Waals surface area contributed by atoms with Crippen molar-refractivity contribution in [1.29, 1.82) is 0 Å². The van der Waals surface area contributed by atoms with Crippen LogP contribution in [0, 0.1) is 0 Å². The second-order valence-electron chi connectivity index (χ2n) is 7.79. The van der Waals surface area contributed by atoms with Crippen molar-refractivity contribution in [3.63, 3.8) is 0 Å². The van der Waals surface area contributed by atoms with E-state index in [9.17, 15) is 10.2 Å². The first-order valence-corrected chi connectivity index (χ1v) is 9.79. The van der Waals surface area contributed by atoms with Crippen molar-refractivity contribution in [2.45, 2.75) is 24.7 Å². The van der Waals surface area contributed by atoms with Gasteiger partial charge in [-0.05, 0) is 48.7 Å². The highest BCUT2D eigenvalue weighted by Crippen LogP contribution is 2.44. The van der Waals surface area contributed by atoms with Crippen molar-refractivity contribution < 1.29 is 14.9 Å². The molecule has 138 valence electrons. The molecule has 28 heavy (non-hydrogen) atoms. The standard InChI is InChI=1S/C25H20O3/c26-13-23-21(27)12-22(28-23)15-10-11-20-18-7-2-5-14-4-1-6-17(24(14)18)19-9-3-8-16(15)25(19)20/h1-11,21-23,26-27H,12-13H2. The number of fused-ring (bicyclic) bond motifs is 2. The van der Waals surface area contributed by atoms with E-state index in [-0.39, 0.29) is 12.7 Å². The van der Waals surface area contributed by atoms with Crippen LogP contribution in [0.1, 0.15) is 18.1 Å². The second-order valence-corrected chi connectivity index (χ2v) is 7.79. The topological polar surface area (TPSA) is 49.7 Å². The lowest BCUT2D eigenvalue weighted by atomic mass is 9.87. The van der Waals surface area contributed by atoms with E-state index in [1.807, 2.05) is 0 Å². The molecule has 0 aliphatic carbocycles. The summed E-state index contributed by atoms with van der Waals surface area (Å²) >= 11 is 0. The lowest BCUT2D eigenvalue weighted by molar-refractivity contribution is -0.0222. The zero-order valence-corrected chi connectivity index (χ0v) is 15.3. The van der Waals surface area contributed by atoms with Gasteiger partial charge in [0, 0.05) is 6.42 Å². The average molecular weight is 368 g/mol. The number of aliphatic hydroxyl groups excluding tert-OH is 2. The maximum atomic E-state index is 10.2. The zero-order chi connectivity index (χ0) is 18.8. The molecular weight excluding hydrogens is 348 g/mol. The van der Waals surface area contributed by atoms with Gasteiger partial charge in [0.2, 0.25) is 0 Å². The largest absolute Gasteiger partial charge is 0.394 e. The lowest BCUT2D eigenvalue weighted by Gasteiger charge is -2.19. The van der Waals surface area contributed by atoms with E-state index in [2.05, 4.69) is 66.7 Å². The molecule has 0 saturated carbocycles. The number of hydrogen-bond donors (Lipinski definition) is 2. The van der Waals surface area contributed by atoms with E-state index >= 15 is 0 Å². The molecule has 1 saturated heterocycles. The van der Waals surface area contributed by atoms with E-state index in [1.54, 1.807) is 0 Å². The van der Waals surface area contributed by atoms with Gasteiger partial charge in [-0.3, -0.25) is 0 Å². The molecule has 0 amide bonds. The molecule has 5 aromatic carbocycles. The summed E-state index contributed by atoms with van der Waals surface area (Å²) in [4.78, 5) is 0. The first-order chi connectivity index (χ1) is 13.8. The Bertz CT molecular complexity index is 1290.